The zero-order valence-electron chi connectivity index (χ0n) is 12.4. The predicted octanol–water partition coefficient (Wildman–Crippen LogP) is 3.06. The quantitative estimate of drug-likeness (QED) is 0.852. The van der Waals surface area contributed by atoms with Crippen LogP contribution in [-0.2, 0) is 5.41 Å². The Hall–Kier alpha value is -0.860. The summed E-state index contributed by atoms with van der Waals surface area (Å²) in [7, 11) is 0. The van der Waals surface area contributed by atoms with Crippen LogP contribution in [-0.4, -0.2) is 19.1 Å². The fourth-order valence-corrected chi connectivity index (χ4v) is 3.97. The third-order valence-corrected chi connectivity index (χ3v) is 4.85. The van der Waals surface area contributed by atoms with E-state index in [-0.39, 0.29) is 0 Å². The van der Waals surface area contributed by atoms with Crippen molar-refractivity contribution in [3.8, 4) is 0 Å². The molecule has 0 unspecified atom stereocenters. The molecule has 2 heteroatoms. The number of aryl methyl sites for hydroxylation is 1. The Bertz CT molecular complexity index is 458. The number of fused-ring (bicyclic) bond motifs is 2. The van der Waals surface area contributed by atoms with Crippen molar-refractivity contribution in [3.63, 3.8) is 0 Å². The van der Waals surface area contributed by atoms with Gasteiger partial charge in [-0.05, 0) is 55.8 Å². The minimum absolute atomic E-state index is 0.430. The maximum Gasteiger partial charge on any atom is 0.0333 e. The Labute approximate surface area is 117 Å². The van der Waals surface area contributed by atoms with Gasteiger partial charge in [0.05, 0.1) is 0 Å². The summed E-state index contributed by atoms with van der Waals surface area (Å²) in [6.45, 7) is 9.06. The monoisotopic (exact) mass is 258 g/mol. The molecule has 0 amide bonds. The molecule has 1 heterocycles. The second-order valence-electron chi connectivity index (χ2n) is 6.70. The first kappa shape index (κ1) is 13.1. The minimum Gasteiger partial charge on any atom is -0.317 e. The Morgan fingerprint density at radius 2 is 2.00 bits per heavy atom. The van der Waals surface area contributed by atoms with E-state index in [0.717, 1.165) is 0 Å². The van der Waals surface area contributed by atoms with Gasteiger partial charge in [0.15, 0.2) is 0 Å². The van der Waals surface area contributed by atoms with Gasteiger partial charge >= 0.3 is 0 Å². The topological polar surface area (TPSA) is 24.1 Å². The van der Waals surface area contributed by atoms with Gasteiger partial charge in [-0.1, -0.05) is 37.6 Å². The number of piperidine rings is 1. The van der Waals surface area contributed by atoms with E-state index in [1.807, 2.05) is 0 Å². The lowest BCUT2D eigenvalue weighted by molar-refractivity contribution is 0.278. The molecule has 1 saturated heterocycles. The molecule has 19 heavy (non-hydrogen) atoms. The normalized spacial score (nSPS) is 24.9. The zero-order chi connectivity index (χ0) is 13.5. The van der Waals surface area contributed by atoms with Crippen LogP contribution in [0.1, 0.15) is 55.8 Å². The van der Waals surface area contributed by atoms with Crippen LogP contribution in [0.4, 0.5) is 0 Å². The molecule has 2 N–H and O–H groups in total. The third-order valence-electron chi connectivity index (χ3n) is 4.85. The molecule has 1 atom stereocenters. The van der Waals surface area contributed by atoms with E-state index in [4.69, 9.17) is 0 Å². The smallest absolute Gasteiger partial charge is 0.0333 e. The average molecular weight is 258 g/mol. The molecule has 0 bridgehead atoms. The standard InChI is InChI=1S/C17H26N2/c1-12(2)19-16-11-17(6-8-18-9-7-17)15-10-13(3)4-5-14(15)16/h4-5,10,12,16,18-19H,6-9,11H2,1-3H3/t16-/m1/s1. The molecule has 1 aromatic rings. The molecule has 0 aromatic heterocycles. The Kier molecular flexibility index (Phi) is 3.40. The first-order valence-corrected chi connectivity index (χ1v) is 7.68. The summed E-state index contributed by atoms with van der Waals surface area (Å²) in [5.41, 5.74) is 5.02. The van der Waals surface area contributed by atoms with Crippen LogP contribution in [0.25, 0.3) is 0 Å². The summed E-state index contributed by atoms with van der Waals surface area (Å²) in [5, 5.41) is 7.29. The molecule has 2 aliphatic rings. The van der Waals surface area contributed by atoms with Crippen molar-refractivity contribution in [1.29, 1.82) is 0 Å². The molecule has 3 rings (SSSR count). The van der Waals surface area contributed by atoms with Crippen LogP contribution in [0.3, 0.4) is 0 Å². The number of hydrogen-bond acceptors (Lipinski definition) is 2. The molecule has 2 nitrogen and oxygen atoms in total. The van der Waals surface area contributed by atoms with Crippen molar-refractivity contribution in [2.24, 2.45) is 0 Å². The summed E-state index contributed by atoms with van der Waals surface area (Å²) in [6, 6.07) is 8.18. The highest BCUT2D eigenvalue weighted by molar-refractivity contribution is 5.45. The van der Waals surface area contributed by atoms with Crippen molar-refractivity contribution < 1.29 is 0 Å². The summed E-state index contributed by atoms with van der Waals surface area (Å²) in [6.07, 6.45) is 3.87. The van der Waals surface area contributed by atoms with Gasteiger partial charge in [0.25, 0.3) is 0 Å². The molecular formula is C17H26N2. The van der Waals surface area contributed by atoms with Gasteiger partial charge in [-0.2, -0.15) is 0 Å². The van der Waals surface area contributed by atoms with Gasteiger partial charge < -0.3 is 10.6 Å². The molecule has 1 aliphatic carbocycles. The highest BCUT2D eigenvalue weighted by Gasteiger charge is 2.44. The highest BCUT2D eigenvalue weighted by Crippen LogP contribution is 2.50. The molecule has 0 saturated carbocycles. The second-order valence-corrected chi connectivity index (χ2v) is 6.70. The van der Waals surface area contributed by atoms with Crippen LogP contribution in [0.5, 0.6) is 0 Å². The molecule has 104 valence electrons. The second kappa shape index (κ2) is 4.92. The van der Waals surface area contributed by atoms with E-state index in [0.29, 0.717) is 17.5 Å². The van der Waals surface area contributed by atoms with Crippen molar-refractivity contribution in [3.05, 3.63) is 34.9 Å². The SMILES string of the molecule is Cc1ccc2c(c1)C1(CCNCC1)C[C@H]2NC(C)C. The number of nitrogens with one attached hydrogen (secondary N) is 2. The lowest BCUT2D eigenvalue weighted by Crippen LogP contribution is -2.39. The van der Waals surface area contributed by atoms with Gasteiger partial charge in [0.1, 0.15) is 0 Å². The predicted molar refractivity (Wildman–Crippen MR) is 80.6 cm³/mol. The zero-order valence-corrected chi connectivity index (χ0v) is 12.4. The fraction of sp³-hybridized carbons (Fsp3) is 0.647. The molecular weight excluding hydrogens is 232 g/mol. The number of hydrogen-bond donors (Lipinski definition) is 2. The van der Waals surface area contributed by atoms with Crippen LogP contribution < -0.4 is 10.6 Å². The van der Waals surface area contributed by atoms with Crippen molar-refractivity contribution in [2.45, 2.75) is 57.5 Å². The van der Waals surface area contributed by atoms with Gasteiger partial charge in [0, 0.05) is 12.1 Å². The first-order valence-electron chi connectivity index (χ1n) is 7.68. The summed E-state index contributed by atoms with van der Waals surface area (Å²) >= 11 is 0. The fourth-order valence-electron chi connectivity index (χ4n) is 3.97. The maximum atomic E-state index is 3.77. The van der Waals surface area contributed by atoms with Crippen LogP contribution in [0.15, 0.2) is 18.2 Å². The molecule has 1 aliphatic heterocycles. The lowest BCUT2D eigenvalue weighted by Gasteiger charge is -2.35. The van der Waals surface area contributed by atoms with Crippen LogP contribution in [0, 0.1) is 6.92 Å². The van der Waals surface area contributed by atoms with E-state index in [2.05, 4.69) is 49.6 Å². The summed E-state index contributed by atoms with van der Waals surface area (Å²) in [4.78, 5) is 0. The van der Waals surface area contributed by atoms with Crippen LogP contribution in [0.2, 0.25) is 0 Å². The van der Waals surface area contributed by atoms with E-state index in [9.17, 15) is 0 Å². The van der Waals surface area contributed by atoms with Crippen molar-refractivity contribution in [1.82, 2.24) is 10.6 Å². The van der Waals surface area contributed by atoms with E-state index >= 15 is 0 Å². The molecule has 1 fully saturated rings. The molecule has 1 aromatic carbocycles. The van der Waals surface area contributed by atoms with E-state index in [1.165, 1.54) is 37.9 Å². The van der Waals surface area contributed by atoms with Crippen LogP contribution >= 0.6 is 0 Å². The van der Waals surface area contributed by atoms with E-state index in [1.54, 1.807) is 11.1 Å². The number of benzene rings is 1. The molecule has 0 radical (unpaired) electrons. The summed E-state index contributed by atoms with van der Waals surface area (Å²) in [5.74, 6) is 0. The number of rotatable bonds is 2. The first-order chi connectivity index (χ1) is 9.11. The maximum absolute atomic E-state index is 3.77. The highest BCUT2D eigenvalue weighted by atomic mass is 15.0. The largest absolute Gasteiger partial charge is 0.317 e. The Morgan fingerprint density at radius 1 is 1.26 bits per heavy atom. The van der Waals surface area contributed by atoms with E-state index < -0.39 is 0 Å². The van der Waals surface area contributed by atoms with Crippen molar-refractivity contribution >= 4 is 0 Å². The third kappa shape index (κ3) is 2.32. The van der Waals surface area contributed by atoms with Gasteiger partial charge in [0.2, 0.25) is 0 Å². The minimum atomic E-state index is 0.430. The summed E-state index contributed by atoms with van der Waals surface area (Å²) < 4.78 is 0. The Morgan fingerprint density at radius 3 is 2.68 bits per heavy atom. The van der Waals surface area contributed by atoms with Gasteiger partial charge in [-0.3, -0.25) is 0 Å². The molecule has 1 spiro atoms. The lowest BCUT2D eigenvalue weighted by atomic mass is 9.74. The van der Waals surface area contributed by atoms with Crippen molar-refractivity contribution in [2.75, 3.05) is 13.1 Å². The average Bonchev–Trinajstić information content (AvgIpc) is 2.64. The van der Waals surface area contributed by atoms with Gasteiger partial charge in [-0.25, -0.2) is 0 Å². The Balaban J connectivity index is 1.99. The van der Waals surface area contributed by atoms with Gasteiger partial charge in [-0.15, -0.1) is 0 Å².